The minimum Gasteiger partial charge on any atom is -0.354 e. The summed E-state index contributed by atoms with van der Waals surface area (Å²) in [5.74, 6) is 0.749. The van der Waals surface area contributed by atoms with E-state index in [1.54, 1.807) is 6.07 Å². The van der Waals surface area contributed by atoms with Crippen LogP contribution in [0.5, 0.6) is 0 Å². The van der Waals surface area contributed by atoms with Crippen molar-refractivity contribution in [2.75, 3.05) is 19.6 Å². The van der Waals surface area contributed by atoms with Crippen LogP contribution in [-0.4, -0.2) is 42.5 Å². The predicted octanol–water partition coefficient (Wildman–Crippen LogP) is 3.07. The normalized spacial score (nSPS) is 30.1. The summed E-state index contributed by atoms with van der Waals surface area (Å²) in [6.45, 7) is 2.79. The lowest BCUT2D eigenvalue weighted by Gasteiger charge is -2.33. The Labute approximate surface area is 175 Å². The van der Waals surface area contributed by atoms with Gasteiger partial charge < -0.3 is 5.32 Å². The molecule has 4 atom stereocenters. The summed E-state index contributed by atoms with van der Waals surface area (Å²) >= 11 is 0. The minimum absolute atomic E-state index is 0.0619. The molecule has 3 fully saturated rings. The van der Waals surface area contributed by atoms with Crippen molar-refractivity contribution in [2.24, 2.45) is 11.8 Å². The largest absolute Gasteiger partial charge is 0.416 e. The number of piperidine rings is 1. The van der Waals surface area contributed by atoms with Gasteiger partial charge in [0.05, 0.1) is 5.56 Å². The Bertz CT molecular complexity index is 741. The lowest BCUT2D eigenvalue weighted by molar-refractivity contribution is -0.137. The number of amides is 1. The second-order valence-electron chi connectivity index (χ2n) is 9.01. The summed E-state index contributed by atoms with van der Waals surface area (Å²) in [6.07, 6.45) is 2.31. The minimum atomic E-state index is -4.31. The highest BCUT2D eigenvalue weighted by Gasteiger charge is 2.41. The first-order valence-corrected chi connectivity index (χ1v) is 11.1. The zero-order chi connectivity index (χ0) is 21.1. The van der Waals surface area contributed by atoms with E-state index in [0.717, 1.165) is 44.8 Å². The molecule has 2 saturated heterocycles. The van der Waals surface area contributed by atoms with Gasteiger partial charge in [0.25, 0.3) is 0 Å². The van der Waals surface area contributed by atoms with E-state index >= 15 is 0 Å². The molecule has 8 heteroatoms. The first kappa shape index (κ1) is 21.6. The molecule has 5 nitrogen and oxygen atoms in total. The molecule has 1 aromatic rings. The third kappa shape index (κ3) is 5.15. The molecule has 0 bridgehead atoms. The molecule has 3 aliphatic rings. The molecule has 30 heavy (non-hydrogen) atoms. The molecular formula is C22H31F3N4O. The summed E-state index contributed by atoms with van der Waals surface area (Å²) in [5, 5.41) is 3.12. The molecule has 1 saturated carbocycles. The lowest BCUT2D eigenvalue weighted by atomic mass is 9.81. The van der Waals surface area contributed by atoms with Gasteiger partial charge in [0, 0.05) is 31.6 Å². The molecule has 1 aliphatic carbocycles. The van der Waals surface area contributed by atoms with Gasteiger partial charge in [0.2, 0.25) is 5.91 Å². The molecule has 0 aromatic heterocycles. The number of hydrazine groups is 1. The van der Waals surface area contributed by atoms with Crippen LogP contribution >= 0.6 is 0 Å². The maximum atomic E-state index is 13.0. The fraction of sp³-hybridized carbons (Fsp3) is 0.682. The van der Waals surface area contributed by atoms with Crippen LogP contribution in [0.4, 0.5) is 13.2 Å². The van der Waals surface area contributed by atoms with E-state index in [-0.39, 0.29) is 11.9 Å². The number of halogens is 3. The molecule has 1 amide bonds. The van der Waals surface area contributed by atoms with Crippen molar-refractivity contribution >= 4 is 5.91 Å². The average molecular weight is 425 g/mol. The Kier molecular flexibility index (Phi) is 6.65. The quantitative estimate of drug-likeness (QED) is 0.680. The molecule has 0 spiro atoms. The van der Waals surface area contributed by atoms with E-state index in [2.05, 4.69) is 21.1 Å². The number of rotatable bonds is 5. The lowest BCUT2D eigenvalue weighted by Crippen LogP contribution is -2.48. The van der Waals surface area contributed by atoms with Crippen LogP contribution in [0.1, 0.15) is 49.7 Å². The monoisotopic (exact) mass is 424 g/mol. The fourth-order valence-electron chi connectivity index (χ4n) is 5.22. The molecule has 2 aliphatic heterocycles. The number of alkyl halides is 3. The molecule has 4 rings (SSSR count). The van der Waals surface area contributed by atoms with Crippen molar-refractivity contribution in [3.8, 4) is 0 Å². The third-order valence-corrected chi connectivity index (χ3v) is 6.78. The van der Waals surface area contributed by atoms with Gasteiger partial charge in [-0.05, 0) is 49.8 Å². The van der Waals surface area contributed by atoms with Gasteiger partial charge in [-0.15, -0.1) is 0 Å². The third-order valence-electron chi connectivity index (χ3n) is 6.78. The molecule has 166 valence electrons. The van der Waals surface area contributed by atoms with Gasteiger partial charge in [-0.2, -0.15) is 13.2 Å². The SMILES string of the molecule is O=C(NCC1CCCN(Cc2cccc(C(F)(F)F)c2)C1)C1NNC2CCCCC21. The van der Waals surface area contributed by atoms with Crippen LogP contribution in [0, 0.1) is 11.8 Å². The number of carbonyl (C=O) groups excluding carboxylic acids is 1. The van der Waals surface area contributed by atoms with Gasteiger partial charge in [-0.25, -0.2) is 5.43 Å². The summed E-state index contributed by atoms with van der Waals surface area (Å²) in [7, 11) is 0. The van der Waals surface area contributed by atoms with Gasteiger partial charge in [-0.1, -0.05) is 31.0 Å². The number of carbonyl (C=O) groups is 1. The standard InChI is InChI=1S/C22H31F3N4O/c23-22(24,25)17-7-3-5-15(11-17)13-29-10-4-6-16(14-29)12-26-21(30)20-18-8-1-2-9-19(18)27-28-20/h3,5,7,11,16,18-20,27-28H,1-2,4,6,8-10,12-14H2,(H,26,30). The molecule has 2 heterocycles. The van der Waals surface area contributed by atoms with Crippen molar-refractivity contribution in [3.05, 3.63) is 35.4 Å². The summed E-state index contributed by atoms with van der Waals surface area (Å²) in [4.78, 5) is 14.9. The van der Waals surface area contributed by atoms with Crippen LogP contribution < -0.4 is 16.2 Å². The van der Waals surface area contributed by atoms with Crippen LogP contribution in [0.15, 0.2) is 24.3 Å². The molecule has 4 unspecified atom stereocenters. The average Bonchev–Trinajstić information content (AvgIpc) is 3.16. The van der Waals surface area contributed by atoms with Crippen LogP contribution in [0.3, 0.4) is 0 Å². The van der Waals surface area contributed by atoms with Crippen molar-refractivity contribution < 1.29 is 18.0 Å². The van der Waals surface area contributed by atoms with Crippen LogP contribution in [-0.2, 0) is 17.5 Å². The second kappa shape index (κ2) is 9.24. The Morgan fingerprint density at radius 3 is 2.80 bits per heavy atom. The first-order chi connectivity index (χ1) is 14.4. The summed E-state index contributed by atoms with van der Waals surface area (Å²) in [5.41, 5.74) is 6.54. The van der Waals surface area contributed by atoms with E-state index in [4.69, 9.17) is 0 Å². The van der Waals surface area contributed by atoms with Crippen molar-refractivity contribution in [3.63, 3.8) is 0 Å². The fourth-order valence-corrected chi connectivity index (χ4v) is 5.22. The number of fused-ring (bicyclic) bond motifs is 1. The predicted molar refractivity (Wildman–Crippen MR) is 108 cm³/mol. The maximum Gasteiger partial charge on any atom is 0.416 e. The van der Waals surface area contributed by atoms with Gasteiger partial charge in [-0.3, -0.25) is 15.1 Å². The molecular weight excluding hydrogens is 393 g/mol. The zero-order valence-electron chi connectivity index (χ0n) is 17.2. The summed E-state index contributed by atoms with van der Waals surface area (Å²) < 4.78 is 38.9. The summed E-state index contributed by atoms with van der Waals surface area (Å²) in [6, 6.07) is 5.80. The van der Waals surface area contributed by atoms with Gasteiger partial charge >= 0.3 is 6.18 Å². The Balaban J connectivity index is 1.27. The number of nitrogens with one attached hydrogen (secondary N) is 3. The van der Waals surface area contributed by atoms with E-state index in [1.165, 1.54) is 25.0 Å². The molecule has 3 N–H and O–H groups in total. The number of hydrogen-bond donors (Lipinski definition) is 3. The Morgan fingerprint density at radius 1 is 1.13 bits per heavy atom. The van der Waals surface area contributed by atoms with Gasteiger partial charge in [0.15, 0.2) is 0 Å². The topological polar surface area (TPSA) is 56.4 Å². The van der Waals surface area contributed by atoms with Crippen molar-refractivity contribution in [2.45, 2.75) is 63.3 Å². The van der Waals surface area contributed by atoms with E-state index < -0.39 is 11.7 Å². The van der Waals surface area contributed by atoms with E-state index in [9.17, 15) is 18.0 Å². The first-order valence-electron chi connectivity index (χ1n) is 11.1. The van der Waals surface area contributed by atoms with E-state index in [1.807, 2.05) is 0 Å². The highest BCUT2D eigenvalue weighted by Crippen LogP contribution is 2.31. The number of benzene rings is 1. The van der Waals surface area contributed by atoms with Crippen LogP contribution in [0.2, 0.25) is 0 Å². The highest BCUT2D eigenvalue weighted by atomic mass is 19.4. The highest BCUT2D eigenvalue weighted by molar-refractivity contribution is 5.82. The van der Waals surface area contributed by atoms with Crippen molar-refractivity contribution in [1.29, 1.82) is 0 Å². The number of likely N-dealkylation sites (tertiary alicyclic amines) is 1. The number of hydrogen-bond acceptors (Lipinski definition) is 4. The molecule has 1 aromatic carbocycles. The maximum absolute atomic E-state index is 13.0. The second-order valence-corrected chi connectivity index (χ2v) is 9.01. The Morgan fingerprint density at radius 2 is 1.97 bits per heavy atom. The van der Waals surface area contributed by atoms with Crippen molar-refractivity contribution in [1.82, 2.24) is 21.1 Å². The molecule has 0 radical (unpaired) electrons. The van der Waals surface area contributed by atoms with Gasteiger partial charge in [0.1, 0.15) is 6.04 Å². The van der Waals surface area contributed by atoms with Crippen LogP contribution in [0.25, 0.3) is 0 Å². The number of nitrogens with zero attached hydrogens (tertiary/aromatic N) is 1. The smallest absolute Gasteiger partial charge is 0.354 e. The Hall–Kier alpha value is -1.64. The van der Waals surface area contributed by atoms with E-state index in [0.29, 0.717) is 36.5 Å². The zero-order valence-corrected chi connectivity index (χ0v) is 17.2.